The summed E-state index contributed by atoms with van der Waals surface area (Å²) in [5.41, 5.74) is 8.27. The maximum atomic E-state index is 5.91. The molecule has 0 spiro atoms. The number of benzene rings is 1. The molecule has 0 aromatic heterocycles. The SMILES string of the molecule is Cc1cccc(C(CN)OCCC2CCC2)c1. The molecule has 2 N–H and O–H groups in total. The minimum Gasteiger partial charge on any atom is -0.372 e. The van der Waals surface area contributed by atoms with E-state index in [1.807, 2.05) is 0 Å². The predicted molar refractivity (Wildman–Crippen MR) is 70.9 cm³/mol. The predicted octanol–water partition coefficient (Wildman–Crippen LogP) is 3.20. The minimum absolute atomic E-state index is 0.0648. The van der Waals surface area contributed by atoms with Gasteiger partial charge in [0, 0.05) is 13.2 Å². The van der Waals surface area contributed by atoms with Crippen LogP contribution >= 0.6 is 0 Å². The highest BCUT2D eigenvalue weighted by atomic mass is 16.5. The van der Waals surface area contributed by atoms with Gasteiger partial charge in [0.15, 0.2) is 0 Å². The zero-order chi connectivity index (χ0) is 12.1. The van der Waals surface area contributed by atoms with Gasteiger partial charge in [-0.3, -0.25) is 0 Å². The smallest absolute Gasteiger partial charge is 0.0947 e. The number of hydrogen-bond donors (Lipinski definition) is 1. The molecule has 0 saturated heterocycles. The van der Waals surface area contributed by atoms with Crippen molar-refractivity contribution < 1.29 is 4.74 Å². The molecule has 0 bridgehead atoms. The summed E-state index contributed by atoms with van der Waals surface area (Å²) in [6.45, 7) is 3.51. The van der Waals surface area contributed by atoms with Crippen LogP contribution in [0.3, 0.4) is 0 Å². The van der Waals surface area contributed by atoms with Gasteiger partial charge in [0.1, 0.15) is 0 Å². The van der Waals surface area contributed by atoms with Crippen molar-refractivity contribution in [3.8, 4) is 0 Å². The third-order valence-corrected chi connectivity index (χ3v) is 3.70. The average Bonchev–Trinajstić information content (AvgIpc) is 2.27. The lowest BCUT2D eigenvalue weighted by Crippen LogP contribution is -2.19. The Balaban J connectivity index is 1.82. The van der Waals surface area contributed by atoms with Gasteiger partial charge in [-0.1, -0.05) is 49.1 Å². The molecule has 1 atom stereocenters. The molecule has 2 rings (SSSR count). The maximum absolute atomic E-state index is 5.91. The van der Waals surface area contributed by atoms with E-state index in [0.29, 0.717) is 6.54 Å². The summed E-state index contributed by atoms with van der Waals surface area (Å²) >= 11 is 0. The molecule has 1 aromatic carbocycles. The summed E-state index contributed by atoms with van der Waals surface area (Å²) in [6.07, 6.45) is 5.45. The first-order valence-electron chi connectivity index (χ1n) is 6.68. The van der Waals surface area contributed by atoms with E-state index in [1.54, 1.807) is 0 Å². The van der Waals surface area contributed by atoms with Crippen LogP contribution in [0.15, 0.2) is 24.3 Å². The highest BCUT2D eigenvalue weighted by molar-refractivity contribution is 5.24. The first-order valence-corrected chi connectivity index (χ1v) is 6.68. The minimum atomic E-state index is 0.0648. The normalized spacial score (nSPS) is 17.8. The molecule has 1 fully saturated rings. The monoisotopic (exact) mass is 233 g/mol. The zero-order valence-electron chi connectivity index (χ0n) is 10.7. The molecule has 0 amide bonds. The second kappa shape index (κ2) is 6.18. The van der Waals surface area contributed by atoms with Crippen LogP contribution in [0.2, 0.25) is 0 Å². The van der Waals surface area contributed by atoms with Crippen LogP contribution in [0.4, 0.5) is 0 Å². The van der Waals surface area contributed by atoms with Crippen LogP contribution in [-0.2, 0) is 4.74 Å². The number of aryl methyl sites for hydroxylation is 1. The van der Waals surface area contributed by atoms with Crippen molar-refractivity contribution in [2.75, 3.05) is 13.2 Å². The fraction of sp³-hybridized carbons (Fsp3) is 0.600. The molecule has 17 heavy (non-hydrogen) atoms. The zero-order valence-corrected chi connectivity index (χ0v) is 10.7. The molecular formula is C15H23NO. The Labute approximate surface area is 104 Å². The summed E-state index contributed by atoms with van der Waals surface area (Å²) in [5, 5.41) is 0. The third kappa shape index (κ3) is 3.55. The van der Waals surface area contributed by atoms with E-state index in [2.05, 4.69) is 31.2 Å². The third-order valence-electron chi connectivity index (χ3n) is 3.70. The molecule has 1 saturated carbocycles. The van der Waals surface area contributed by atoms with Crippen molar-refractivity contribution in [1.29, 1.82) is 0 Å². The van der Waals surface area contributed by atoms with Crippen molar-refractivity contribution in [3.05, 3.63) is 35.4 Å². The van der Waals surface area contributed by atoms with Crippen molar-refractivity contribution in [1.82, 2.24) is 0 Å². The van der Waals surface area contributed by atoms with E-state index in [1.165, 1.54) is 36.8 Å². The Kier molecular flexibility index (Phi) is 4.57. The molecule has 94 valence electrons. The summed E-state index contributed by atoms with van der Waals surface area (Å²) in [5.74, 6) is 0.908. The standard InChI is InChI=1S/C15H23NO/c1-12-4-2-7-14(10-12)15(11-16)17-9-8-13-5-3-6-13/h2,4,7,10,13,15H,3,5-6,8-9,11,16H2,1H3. The molecule has 0 radical (unpaired) electrons. The lowest BCUT2D eigenvalue weighted by Gasteiger charge is -2.26. The van der Waals surface area contributed by atoms with Crippen LogP contribution in [0, 0.1) is 12.8 Å². The Morgan fingerprint density at radius 2 is 2.24 bits per heavy atom. The molecule has 1 aromatic rings. The molecule has 2 heteroatoms. The van der Waals surface area contributed by atoms with Crippen LogP contribution in [0.1, 0.15) is 42.9 Å². The highest BCUT2D eigenvalue weighted by Gasteiger charge is 2.18. The molecular weight excluding hydrogens is 210 g/mol. The summed E-state index contributed by atoms with van der Waals surface area (Å²) in [6, 6.07) is 8.45. The van der Waals surface area contributed by atoms with Crippen molar-refractivity contribution in [2.45, 2.75) is 38.7 Å². The highest BCUT2D eigenvalue weighted by Crippen LogP contribution is 2.29. The van der Waals surface area contributed by atoms with Gasteiger partial charge >= 0.3 is 0 Å². The van der Waals surface area contributed by atoms with E-state index < -0.39 is 0 Å². The van der Waals surface area contributed by atoms with Crippen LogP contribution < -0.4 is 5.73 Å². The van der Waals surface area contributed by atoms with Crippen molar-refractivity contribution in [3.63, 3.8) is 0 Å². The Morgan fingerprint density at radius 3 is 2.82 bits per heavy atom. The van der Waals surface area contributed by atoms with E-state index in [0.717, 1.165) is 12.5 Å². The molecule has 1 unspecified atom stereocenters. The van der Waals surface area contributed by atoms with Gasteiger partial charge < -0.3 is 10.5 Å². The van der Waals surface area contributed by atoms with Gasteiger partial charge in [0.05, 0.1) is 6.10 Å². The quantitative estimate of drug-likeness (QED) is 0.819. The average molecular weight is 233 g/mol. The fourth-order valence-electron chi connectivity index (χ4n) is 2.33. The summed E-state index contributed by atoms with van der Waals surface area (Å²) in [7, 11) is 0. The second-order valence-electron chi connectivity index (χ2n) is 5.09. The Morgan fingerprint density at radius 1 is 1.41 bits per heavy atom. The lowest BCUT2D eigenvalue weighted by atomic mass is 9.83. The van der Waals surface area contributed by atoms with Crippen LogP contribution in [0.5, 0.6) is 0 Å². The van der Waals surface area contributed by atoms with Gasteiger partial charge in [-0.2, -0.15) is 0 Å². The van der Waals surface area contributed by atoms with E-state index in [-0.39, 0.29) is 6.10 Å². The Bertz CT molecular complexity index is 347. The van der Waals surface area contributed by atoms with E-state index in [4.69, 9.17) is 10.5 Å². The van der Waals surface area contributed by atoms with Crippen LogP contribution in [-0.4, -0.2) is 13.2 Å². The largest absolute Gasteiger partial charge is 0.372 e. The first-order chi connectivity index (χ1) is 8.29. The van der Waals surface area contributed by atoms with Gasteiger partial charge in [-0.05, 0) is 24.8 Å². The summed E-state index contributed by atoms with van der Waals surface area (Å²) < 4.78 is 5.91. The van der Waals surface area contributed by atoms with Crippen molar-refractivity contribution in [2.24, 2.45) is 11.7 Å². The lowest BCUT2D eigenvalue weighted by molar-refractivity contribution is 0.0423. The molecule has 2 nitrogen and oxygen atoms in total. The number of ether oxygens (including phenoxy) is 1. The number of rotatable bonds is 6. The Hall–Kier alpha value is -0.860. The first kappa shape index (κ1) is 12.6. The van der Waals surface area contributed by atoms with Crippen molar-refractivity contribution >= 4 is 0 Å². The van der Waals surface area contributed by atoms with Crippen LogP contribution in [0.25, 0.3) is 0 Å². The van der Waals surface area contributed by atoms with Gasteiger partial charge in [-0.15, -0.1) is 0 Å². The topological polar surface area (TPSA) is 35.2 Å². The van der Waals surface area contributed by atoms with Gasteiger partial charge in [-0.25, -0.2) is 0 Å². The maximum Gasteiger partial charge on any atom is 0.0947 e. The molecule has 1 aliphatic carbocycles. The van der Waals surface area contributed by atoms with E-state index in [9.17, 15) is 0 Å². The number of nitrogens with two attached hydrogens (primary N) is 1. The molecule has 1 aliphatic rings. The molecule has 0 aliphatic heterocycles. The second-order valence-corrected chi connectivity index (χ2v) is 5.09. The van der Waals surface area contributed by atoms with Gasteiger partial charge in [0.2, 0.25) is 0 Å². The summed E-state index contributed by atoms with van der Waals surface area (Å²) in [4.78, 5) is 0. The molecule has 0 heterocycles. The van der Waals surface area contributed by atoms with Gasteiger partial charge in [0.25, 0.3) is 0 Å². The van der Waals surface area contributed by atoms with E-state index >= 15 is 0 Å². The fourth-order valence-corrected chi connectivity index (χ4v) is 2.33. The number of hydrogen-bond acceptors (Lipinski definition) is 2.